The Morgan fingerprint density at radius 1 is 0.932 bits per heavy atom. The molecule has 1 aliphatic rings. The Morgan fingerprint density at radius 3 is 2.41 bits per heavy atom. The first-order chi connectivity index (χ1) is 20.7. The van der Waals surface area contributed by atoms with Gasteiger partial charge in [0.1, 0.15) is 5.90 Å². The number of para-hydroxylation sites is 1. The topological polar surface area (TPSA) is 39.4 Å². The Morgan fingerprint density at radius 2 is 1.68 bits per heavy atom. The van der Waals surface area contributed by atoms with Crippen LogP contribution in [0.4, 0.5) is 0 Å². The summed E-state index contributed by atoms with van der Waals surface area (Å²) in [4.78, 5) is 9.90. The zero-order chi connectivity index (χ0) is 30.3. The fourth-order valence-corrected chi connectivity index (χ4v) is 6.59. The molecule has 6 rings (SSSR count). The molecular formula is C39H43N3OPt. The van der Waals surface area contributed by atoms with Crippen LogP contribution in [0, 0.1) is 31.9 Å². The van der Waals surface area contributed by atoms with Gasteiger partial charge in [-0.3, -0.25) is 4.99 Å². The number of ether oxygens (including phenoxy) is 1. The summed E-state index contributed by atoms with van der Waals surface area (Å²) in [5, 5.41) is 2.36. The van der Waals surface area contributed by atoms with Crippen molar-refractivity contribution in [2.75, 3.05) is 6.61 Å². The Hall–Kier alpha value is -3.23. The minimum absolute atomic E-state index is 0. The van der Waals surface area contributed by atoms with Crippen LogP contribution in [0.5, 0.6) is 0 Å². The fourth-order valence-electron chi connectivity index (χ4n) is 6.59. The largest absolute Gasteiger partial charge is 2.00 e. The number of hydrogen-bond acceptors (Lipinski definition) is 3. The molecule has 0 saturated heterocycles. The van der Waals surface area contributed by atoms with E-state index < -0.39 is 0 Å². The van der Waals surface area contributed by atoms with E-state index in [1.165, 1.54) is 36.6 Å². The van der Waals surface area contributed by atoms with Crippen LogP contribution in [0.15, 0.2) is 65.8 Å². The summed E-state index contributed by atoms with van der Waals surface area (Å²) in [6.45, 7) is 16.2. The van der Waals surface area contributed by atoms with Gasteiger partial charge in [-0.05, 0) is 64.2 Å². The van der Waals surface area contributed by atoms with Gasteiger partial charge in [-0.15, -0.1) is 47.0 Å². The van der Waals surface area contributed by atoms with E-state index in [0.717, 1.165) is 56.0 Å². The van der Waals surface area contributed by atoms with Crippen molar-refractivity contribution in [3.63, 3.8) is 0 Å². The predicted octanol–water partition coefficient (Wildman–Crippen LogP) is 9.72. The molecule has 0 radical (unpaired) electrons. The van der Waals surface area contributed by atoms with Gasteiger partial charge in [-0.25, -0.2) is 0 Å². The van der Waals surface area contributed by atoms with Gasteiger partial charge >= 0.3 is 21.1 Å². The molecule has 230 valence electrons. The molecule has 4 nitrogen and oxygen atoms in total. The molecule has 3 heterocycles. The minimum atomic E-state index is 0. The van der Waals surface area contributed by atoms with Crippen molar-refractivity contribution in [1.82, 2.24) is 9.55 Å². The van der Waals surface area contributed by atoms with Crippen molar-refractivity contribution in [1.29, 1.82) is 0 Å². The molecule has 1 atom stereocenters. The Kier molecular flexibility index (Phi) is 9.52. The van der Waals surface area contributed by atoms with Crippen molar-refractivity contribution in [2.24, 2.45) is 10.9 Å². The molecule has 5 heteroatoms. The third-order valence-corrected chi connectivity index (χ3v) is 8.90. The summed E-state index contributed by atoms with van der Waals surface area (Å²) in [7, 11) is 0. The molecule has 0 aliphatic carbocycles. The number of aryl methyl sites for hydroxylation is 2. The Labute approximate surface area is 277 Å². The van der Waals surface area contributed by atoms with Crippen molar-refractivity contribution < 1.29 is 25.8 Å². The van der Waals surface area contributed by atoms with E-state index in [2.05, 4.69) is 120 Å². The molecular weight excluding hydrogens is 722 g/mol. The molecule has 1 aliphatic heterocycles. The van der Waals surface area contributed by atoms with Crippen molar-refractivity contribution in [3.05, 3.63) is 95.2 Å². The smallest absolute Gasteiger partial charge is 0.518 e. The first-order valence-electron chi connectivity index (χ1n) is 15.9. The molecule has 2 aromatic heterocycles. The van der Waals surface area contributed by atoms with Crippen LogP contribution in [0.25, 0.3) is 38.8 Å². The first-order valence-corrected chi connectivity index (χ1v) is 15.9. The molecule has 44 heavy (non-hydrogen) atoms. The first kappa shape index (κ1) is 32.2. The van der Waals surface area contributed by atoms with Crippen molar-refractivity contribution >= 4 is 27.7 Å². The van der Waals surface area contributed by atoms with Crippen LogP contribution in [0.3, 0.4) is 0 Å². The summed E-state index contributed by atoms with van der Waals surface area (Å²) in [5.74, 6) is 1.29. The normalized spacial score (nSPS) is 15.1. The molecule has 3 aromatic carbocycles. The van der Waals surface area contributed by atoms with E-state index in [0.29, 0.717) is 12.5 Å². The second-order valence-electron chi connectivity index (χ2n) is 13.2. The maximum atomic E-state index is 6.30. The number of aromatic nitrogens is 2. The second kappa shape index (κ2) is 13.0. The van der Waals surface area contributed by atoms with Crippen LogP contribution < -0.4 is 0 Å². The molecule has 0 fully saturated rings. The van der Waals surface area contributed by atoms with E-state index in [1.54, 1.807) is 0 Å². The SMILES string of the molecule is CCCC(CCC)[C@@H]1COC(c2[c-]c(-n3c4[c-]c(-c5cc(C(C)(C)C)ccn5)ccc4c4ccccc43)c(C)cc2C)=N1.[Pt+2]. The average Bonchev–Trinajstić information content (AvgIpc) is 3.60. The summed E-state index contributed by atoms with van der Waals surface area (Å²) < 4.78 is 8.61. The summed E-state index contributed by atoms with van der Waals surface area (Å²) in [6.07, 6.45) is 6.64. The van der Waals surface area contributed by atoms with Crippen LogP contribution >= 0.6 is 0 Å². The molecule has 5 aromatic rings. The van der Waals surface area contributed by atoms with Gasteiger partial charge in [0.05, 0.1) is 12.6 Å². The maximum Gasteiger partial charge on any atom is 2.00 e. The second-order valence-corrected chi connectivity index (χ2v) is 13.2. The number of nitrogens with zero attached hydrogens (tertiary/aromatic N) is 3. The Bertz CT molecular complexity index is 1820. The predicted molar refractivity (Wildman–Crippen MR) is 179 cm³/mol. The third kappa shape index (κ3) is 6.03. The van der Waals surface area contributed by atoms with Gasteiger partial charge in [0.2, 0.25) is 0 Å². The summed E-state index contributed by atoms with van der Waals surface area (Å²) in [6, 6.07) is 27.3. The minimum Gasteiger partial charge on any atom is -0.518 e. The molecule has 0 spiro atoms. The van der Waals surface area contributed by atoms with E-state index in [1.807, 2.05) is 6.20 Å². The number of benzene rings is 3. The molecule has 0 saturated carbocycles. The summed E-state index contributed by atoms with van der Waals surface area (Å²) >= 11 is 0. The molecule has 0 N–H and O–H groups in total. The van der Waals surface area contributed by atoms with Crippen molar-refractivity contribution in [2.45, 2.75) is 85.6 Å². The Balaban J connectivity index is 0.00000384. The van der Waals surface area contributed by atoms with Crippen LogP contribution in [0.2, 0.25) is 0 Å². The van der Waals surface area contributed by atoms with E-state index in [4.69, 9.17) is 14.7 Å². The van der Waals surface area contributed by atoms with E-state index >= 15 is 0 Å². The number of rotatable bonds is 8. The molecule has 0 bridgehead atoms. The van der Waals surface area contributed by atoms with Gasteiger partial charge < -0.3 is 14.3 Å². The number of hydrogen-bond donors (Lipinski definition) is 0. The monoisotopic (exact) mass is 764 g/mol. The fraction of sp³-hybridized carbons (Fsp3) is 0.385. The van der Waals surface area contributed by atoms with Crippen LogP contribution in [-0.4, -0.2) is 28.1 Å². The number of fused-ring (bicyclic) bond motifs is 3. The zero-order valence-electron chi connectivity index (χ0n) is 27.0. The van der Waals surface area contributed by atoms with E-state index in [9.17, 15) is 0 Å². The number of aliphatic imine (C=N–C) groups is 1. The van der Waals surface area contributed by atoms with E-state index in [-0.39, 0.29) is 32.5 Å². The van der Waals surface area contributed by atoms with Gasteiger partial charge in [0, 0.05) is 11.7 Å². The average molecular weight is 765 g/mol. The number of pyridine rings is 1. The quantitative estimate of drug-likeness (QED) is 0.148. The summed E-state index contributed by atoms with van der Waals surface area (Å²) in [5.41, 5.74) is 9.62. The maximum absolute atomic E-state index is 6.30. The van der Waals surface area contributed by atoms with Gasteiger partial charge in [0.25, 0.3) is 0 Å². The molecule has 0 unspecified atom stereocenters. The van der Waals surface area contributed by atoms with Gasteiger partial charge in [-0.2, -0.15) is 0 Å². The third-order valence-electron chi connectivity index (χ3n) is 8.90. The van der Waals surface area contributed by atoms with Gasteiger partial charge in [-0.1, -0.05) is 96.5 Å². The van der Waals surface area contributed by atoms with Gasteiger partial charge in [0.15, 0.2) is 0 Å². The van der Waals surface area contributed by atoms with Crippen LogP contribution in [0.1, 0.15) is 82.6 Å². The molecule has 0 amide bonds. The zero-order valence-corrected chi connectivity index (χ0v) is 29.3. The van der Waals surface area contributed by atoms with Crippen molar-refractivity contribution in [3.8, 4) is 16.9 Å². The standard InChI is InChI=1S/C39H43N3O.Pt/c1-8-12-27(13-9-2)34-24-43-38(41-34)32-23-36(26(4)20-25(32)3)42-35-15-11-10-14-30(35)31-17-16-28(21-37(31)42)33-22-29(18-19-40-33)39(5,6)7;/h10-11,14-20,22,27,34H,8-9,12-13,24H2,1-7H3;/q-2;+2/t34-;/m0./s1. The van der Waals surface area contributed by atoms with Crippen LogP contribution in [-0.2, 0) is 31.2 Å².